The van der Waals surface area contributed by atoms with Crippen molar-refractivity contribution in [3.63, 3.8) is 0 Å². The van der Waals surface area contributed by atoms with Gasteiger partial charge in [0.05, 0.1) is 0 Å². The minimum absolute atomic E-state index is 0.475. The number of aryl methyl sites for hydroxylation is 4. The molecule has 0 nitrogen and oxygen atoms in total. The van der Waals surface area contributed by atoms with Gasteiger partial charge in [0, 0.05) is 5.92 Å². The number of benzene rings is 5. The summed E-state index contributed by atoms with van der Waals surface area (Å²) in [5, 5.41) is 5.42. The van der Waals surface area contributed by atoms with E-state index in [1.54, 1.807) is 0 Å². The second kappa shape index (κ2) is 7.89. The summed E-state index contributed by atoms with van der Waals surface area (Å²) in [6.07, 6.45) is 3.70. The zero-order valence-electron chi connectivity index (χ0n) is 19.8. The SMILES string of the molecule is Cc1ccc2c(c1)C(c1ccc(-c3cccc4cc(C)ccc34)c3cc(C)ccc13)CCC2. The molecule has 0 N–H and O–H groups in total. The van der Waals surface area contributed by atoms with E-state index in [1.807, 2.05) is 0 Å². The predicted molar refractivity (Wildman–Crippen MR) is 142 cm³/mol. The van der Waals surface area contributed by atoms with E-state index in [1.165, 1.54) is 85.3 Å². The molecule has 1 aliphatic rings. The van der Waals surface area contributed by atoms with Crippen molar-refractivity contribution in [3.05, 3.63) is 118 Å². The van der Waals surface area contributed by atoms with Crippen LogP contribution in [-0.4, -0.2) is 0 Å². The van der Waals surface area contributed by atoms with Crippen molar-refractivity contribution < 1.29 is 0 Å². The van der Waals surface area contributed by atoms with Crippen molar-refractivity contribution in [3.8, 4) is 11.1 Å². The summed E-state index contributed by atoms with van der Waals surface area (Å²) in [6.45, 7) is 6.60. The van der Waals surface area contributed by atoms with Gasteiger partial charge in [-0.1, -0.05) is 102 Å². The third-order valence-electron chi connectivity index (χ3n) is 7.52. The zero-order valence-corrected chi connectivity index (χ0v) is 19.8. The van der Waals surface area contributed by atoms with Gasteiger partial charge in [-0.2, -0.15) is 0 Å². The van der Waals surface area contributed by atoms with E-state index in [4.69, 9.17) is 0 Å². The van der Waals surface area contributed by atoms with Crippen molar-refractivity contribution >= 4 is 21.5 Å². The van der Waals surface area contributed by atoms with E-state index in [0.29, 0.717) is 5.92 Å². The van der Waals surface area contributed by atoms with E-state index < -0.39 is 0 Å². The Bertz CT molecular complexity index is 1520. The Kier molecular flexibility index (Phi) is 4.84. The molecule has 0 saturated carbocycles. The van der Waals surface area contributed by atoms with Crippen molar-refractivity contribution in [2.45, 2.75) is 46.0 Å². The van der Waals surface area contributed by atoms with Crippen LogP contribution in [0.15, 0.2) is 84.9 Å². The number of fused-ring (bicyclic) bond motifs is 3. The van der Waals surface area contributed by atoms with Gasteiger partial charge in [-0.05, 0) is 89.4 Å². The van der Waals surface area contributed by atoms with Crippen LogP contribution in [0.1, 0.15) is 52.1 Å². The average Bonchev–Trinajstić information content (AvgIpc) is 2.82. The van der Waals surface area contributed by atoms with Crippen LogP contribution in [0.4, 0.5) is 0 Å². The molecule has 0 aliphatic heterocycles. The lowest BCUT2D eigenvalue weighted by atomic mass is 9.76. The summed E-state index contributed by atoms with van der Waals surface area (Å²) in [7, 11) is 0. The predicted octanol–water partition coefficient (Wildman–Crippen LogP) is 9.05. The van der Waals surface area contributed by atoms with Gasteiger partial charge in [0.15, 0.2) is 0 Å². The van der Waals surface area contributed by atoms with Crippen molar-refractivity contribution in [1.82, 2.24) is 0 Å². The van der Waals surface area contributed by atoms with Crippen molar-refractivity contribution in [2.24, 2.45) is 0 Å². The van der Waals surface area contributed by atoms with E-state index in [2.05, 4.69) is 106 Å². The average molecular weight is 427 g/mol. The molecule has 1 unspecified atom stereocenters. The van der Waals surface area contributed by atoms with Gasteiger partial charge in [-0.15, -0.1) is 0 Å². The van der Waals surface area contributed by atoms with E-state index in [0.717, 1.165) is 0 Å². The van der Waals surface area contributed by atoms with Crippen molar-refractivity contribution in [1.29, 1.82) is 0 Å². The lowest BCUT2D eigenvalue weighted by molar-refractivity contribution is 0.618. The van der Waals surface area contributed by atoms with E-state index in [-0.39, 0.29) is 0 Å². The standard InChI is InChI=1S/C33H30/c1-21-11-14-26-25(18-21)7-5-8-27(26)31-17-16-29(30-15-12-23(3)20-33(30)31)28-9-4-6-24-13-10-22(2)19-32(24)28/h5,7-8,10-20,28H,4,6,9H2,1-3H3. The maximum atomic E-state index is 2.43. The Labute approximate surface area is 196 Å². The quantitative estimate of drug-likeness (QED) is 0.264. The summed E-state index contributed by atoms with van der Waals surface area (Å²) in [5.41, 5.74) is 11.2. The van der Waals surface area contributed by atoms with Crippen LogP contribution in [0.25, 0.3) is 32.7 Å². The molecule has 1 aliphatic carbocycles. The van der Waals surface area contributed by atoms with Crippen LogP contribution in [0.3, 0.4) is 0 Å². The Balaban J connectivity index is 1.60. The van der Waals surface area contributed by atoms with E-state index >= 15 is 0 Å². The van der Waals surface area contributed by atoms with Gasteiger partial charge in [0.2, 0.25) is 0 Å². The van der Waals surface area contributed by atoms with Gasteiger partial charge in [-0.3, -0.25) is 0 Å². The topological polar surface area (TPSA) is 0 Å². The third kappa shape index (κ3) is 3.45. The normalized spacial score (nSPS) is 15.7. The second-order valence-corrected chi connectivity index (χ2v) is 9.93. The fourth-order valence-electron chi connectivity index (χ4n) is 5.90. The van der Waals surface area contributed by atoms with Gasteiger partial charge in [0.25, 0.3) is 0 Å². The molecule has 0 amide bonds. The van der Waals surface area contributed by atoms with Crippen LogP contribution in [-0.2, 0) is 6.42 Å². The number of hydrogen-bond acceptors (Lipinski definition) is 0. The lowest BCUT2D eigenvalue weighted by Crippen LogP contribution is -2.12. The van der Waals surface area contributed by atoms with E-state index in [9.17, 15) is 0 Å². The summed E-state index contributed by atoms with van der Waals surface area (Å²) in [5.74, 6) is 0.475. The Hall–Kier alpha value is -3.38. The lowest BCUT2D eigenvalue weighted by Gasteiger charge is -2.28. The monoisotopic (exact) mass is 426 g/mol. The van der Waals surface area contributed by atoms with Crippen LogP contribution in [0.5, 0.6) is 0 Å². The molecule has 6 rings (SSSR count). The smallest absolute Gasteiger partial charge is 0.00984 e. The molecule has 0 heterocycles. The van der Waals surface area contributed by atoms with Crippen LogP contribution >= 0.6 is 0 Å². The molecule has 0 aromatic heterocycles. The van der Waals surface area contributed by atoms with Gasteiger partial charge in [0.1, 0.15) is 0 Å². The van der Waals surface area contributed by atoms with Gasteiger partial charge < -0.3 is 0 Å². The highest BCUT2D eigenvalue weighted by Crippen LogP contribution is 2.43. The molecular formula is C33H30. The second-order valence-electron chi connectivity index (χ2n) is 9.93. The third-order valence-corrected chi connectivity index (χ3v) is 7.52. The Morgan fingerprint density at radius 3 is 2.18 bits per heavy atom. The van der Waals surface area contributed by atoms with Crippen LogP contribution in [0.2, 0.25) is 0 Å². The van der Waals surface area contributed by atoms with Gasteiger partial charge >= 0.3 is 0 Å². The molecule has 0 saturated heterocycles. The molecule has 5 aromatic carbocycles. The molecule has 33 heavy (non-hydrogen) atoms. The fraction of sp³-hybridized carbons (Fsp3) is 0.212. The van der Waals surface area contributed by atoms with Gasteiger partial charge in [-0.25, -0.2) is 0 Å². The maximum Gasteiger partial charge on any atom is 0.00984 e. The highest BCUT2D eigenvalue weighted by molar-refractivity contribution is 6.06. The summed E-state index contributed by atoms with van der Waals surface area (Å²) < 4.78 is 0. The largest absolute Gasteiger partial charge is 0.0610 e. The van der Waals surface area contributed by atoms with Crippen LogP contribution < -0.4 is 0 Å². The summed E-state index contributed by atoms with van der Waals surface area (Å²) in [6, 6.07) is 32.4. The molecule has 0 radical (unpaired) electrons. The fourth-order valence-corrected chi connectivity index (χ4v) is 5.90. The minimum atomic E-state index is 0.475. The molecule has 0 fully saturated rings. The Morgan fingerprint density at radius 2 is 1.30 bits per heavy atom. The Morgan fingerprint density at radius 1 is 0.576 bits per heavy atom. The van der Waals surface area contributed by atoms with Crippen LogP contribution in [0, 0.1) is 20.8 Å². The first-order valence-electron chi connectivity index (χ1n) is 12.2. The highest BCUT2D eigenvalue weighted by Gasteiger charge is 2.24. The first-order valence-corrected chi connectivity index (χ1v) is 12.2. The molecule has 0 spiro atoms. The molecule has 162 valence electrons. The minimum Gasteiger partial charge on any atom is -0.0610 e. The van der Waals surface area contributed by atoms with Crippen molar-refractivity contribution in [2.75, 3.05) is 0 Å². The maximum absolute atomic E-state index is 2.43. The highest BCUT2D eigenvalue weighted by atomic mass is 14.3. The molecule has 0 heteroatoms. The first kappa shape index (κ1) is 20.2. The molecular weight excluding hydrogens is 396 g/mol. The summed E-state index contributed by atoms with van der Waals surface area (Å²) in [4.78, 5) is 0. The first-order chi connectivity index (χ1) is 16.1. The number of hydrogen-bond donors (Lipinski definition) is 0. The molecule has 5 aromatic rings. The summed E-state index contributed by atoms with van der Waals surface area (Å²) >= 11 is 0. The zero-order chi connectivity index (χ0) is 22.5. The molecule has 0 bridgehead atoms. The molecule has 1 atom stereocenters. The number of rotatable bonds is 2.